The van der Waals surface area contributed by atoms with Crippen LogP contribution < -0.4 is 4.72 Å². The summed E-state index contributed by atoms with van der Waals surface area (Å²) in [6.45, 7) is 0.976. The third-order valence-electron chi connectivity index (χ3n) is 4.77. The van der Waals surface area contributed by atoms with Gasteiger partial charge in [-0.3, -0.25) is 4.79 Å². The molecule has 29 heavy (non-hydrogen) atoms. The molecule has 9 heteroatoms. The highest BCUT2D eigenvalue weighted by Gasteiger charge is 2.27. The van der Waals surface area contributed by atoms with E-state index in [-0.39, 0.29) is 24.7 Å². The van der Waals surface area contributed by atoms with Gasteiger partial charge in [0.15, 0.2) is 0 Å². The molecule has 4 rings (SSSR count). The van der Waals surface area contributed by atoms with Gasteiger partial charge in [0.25, 0.3) is 0 Å². The Hall–Kier alpha value is -3.04. The summed E-state index contributed by atoms with van der Waals surface area (Å²) >= 11 is 0. The van der Waals surface area contributed by atoms with Crippen LogP contribution in [0.4, 0.5) is 0 Å². The maximum atomic E-state index is 12.4. The molecule has 0 atom stereocenters. The minimum absolute atomic E-state index is 0.0394. The van der Waals surface area contributed by atoms with Crippen LogP contribution in [0.3, 0.4) is 0 Å². The molecular weight excluding hydrogens is 390 g/mol. The molecule has 1 amide bonds. The molecule has 0 fully saturated rings. The molecule has 0 unspecified atom stereocenters. The van der Waals surface area contributed by atoms with E-state index in [1.165, 1.54) is 0 Å². The standard InChI is InChI=1S/C20H21N5O3S/c26-20-14-25-19(13-24(20)12-16-7-3-1-4-8-16)18(22-23-25)11-21-29(27,28)15-17-9-5-2-6-10-17/h1-10,21H,11-15H2. The van der Waals surface area contributed by atoms with E-state index in [4.69, 9.17) is 0 Å². The van der Waals surface area contributed by atoms with Gasteiger partial charge in [-0.25, -0.2) is 17.8 Å². The number of carbonyl (C=O) groups is 1. The van der Waals surface area contributed by atoms with Crippen LogP contribution in [0.15, 0.2) is 60.7 Å². The molecule has 0 aliphatic carbocycles. The van der Waals surface area contributed by atoms with Gasteiger partial charge in [-0.05, 0) is 11.1 Å². The van der Waals surface area contributed by atoms with Crippen LogP contribution in [-0.2, 0) is 46.7 Å². The van der Waals surface area contributed by atoms with E-state index in [2.05, 4.69) is 15.0 Å². The molecular formula is C20H21N5O3S. The largest absolute Gasteiger partial charge is 0.331 e. The fourth-order valence-electron chi connectivity index (χ4n) is 3.27. The number of hydrogen-bond donors (Lipinski definition) is 1. The van der Waals surface area contributed by atoms with Crippen molar-refractivity contribution in [2.45, 2.75) is 31.9 Å². The van der Waals surface area contributed by atoms with Crippen molar-refractivity contribution in [1.29, 1.82) is 0 Å². The summed E-state index contributed by atoms with van der Waals surface area (Å²) in [6.07, 6.45) is 0. The topological polar surface area (TPSA) is 97.2 Å². The number of nitrogens with zero attached hydrogens (tertiary/aromatic N) is 4. The van der Waals surface area contributed by atoms with Crippen LogP contribution in [0.2, 0.25) is 0 Å². The highest BCUT2D eigenvalue weighted by Crippen LogP contribution is 2.18. The summed E-state index contributed by atoms with van der Waals surface area (Å²) in [5, 5.41) is 8.11. The maximum Gasteiger partial charge on any atom is 0.245 e. The van der Waals surface area contributed by atoms with E-state index in [1.807, 2.05) is 36.4 Å². The monoisotopic (exact) mass is 411 g/mol. The molecule has 1 N–H and O–H groups in total. The second kappa shape index (κ2) is 8.14. The maximum absolute atomic E-state index is 12.4. The Labute approximate surface area is 169 Å². The van der Waals surface area contributed by atoms with Crippen molar-refractivity contribution in [1.82, 2.24) is 24.6 Å². The number of amides is 1. The minimum Gasteiger partial charge on any atom is -0.331 e. The predicted molar refractivity (Wildman–Crippen MR) is 107 cm³/mol. The first-order chi connectivity index (χ1) is 14.0. The molecule has 1 aliphatic rings. The second-order valence-corrected chi connectivity index (χ2v) is 8.75. The van der Waals surface area contributed by atoms with Crippen LogP contribution >= 0.6 is 0 Å². The van der Waals surface area contributed by atoms with Gasteiger partial charge in [-0.1, -0.05) is 65.9 Å². The summed E-state index contributed by atoms with van der Waals surface area (Å²) in [5.41, 5.74) is 3.03. The zero-order chi connectivity index (χ0) is 20.3. The summed E-state index contributed by atoms with van der Waals surface area (Å²) < 4.78 is 28.9. The Kier molecular flexibility index (Phi) is 5.41. The minimum atomic E-state index is -3.52. The molecule has 0 saturated carbocycles. The van der Waals surface area contributed by atoms with Crippen molar-refractivity contribution in [3.8, 4) is 0 Å². The van der Waals surface area contributed by atoms with E-state index in [1.54, 1.807) is 33.8 Å². The van der Waals surface area contributed by atoms with Crippen molar-refractivity contribution in [2.24, 2.45) is 0 Å². The number of carbonyl (C=O) groups excluding carboxylic acids is 1. The summed E-state index contributed by atoms with van der Waals surface area (Å²) in [5.74, 6) is -0.141. The molecule has 0 spiro atoms. The highest BCUT2D eigenvalue weighted by atomic mass is 32.2. The fraction of sp³-hybridized carbons (Fsp3) is 0.250. The van der Waals surface area contributed by atoms with Gasteiger partial charge >= 0.3 is 0 Å². The van der Waals surface area contributed by atoms with Crippen LogP contribution in [0, 0.1) is 0 Å². The number of benzene rings is 2. The Bertz CT molecular complexity index is 1100. The van der Waals surface area contributed by atoms with E-state index in [9.17, 15) is 13.2 Å². The Morgan fingerprint density at radius 2 is 1.59 bits per heavy atom. The van der Waals surface area contributed by atoms with E-state index >= 15 is 0 Å². The van der Waals surface area contributed by atoms with Gasteiger partial charge in [-0.15, -0.1) is 5.10 Å². The third-order valence-corrected chi connectivity index (χ3v) is 6.07. The molecule has 150 valence electrons. The van der Waals surface area contributed by atoms with Gasteiger partial charge < -0.3 is 4.90 Å². The Morgan fingerprint density at radius 1 is 0.931 bits per heavy atom. The quantitative estimate of drug-likeness (QED) is 0.635. The first kappa shape index (κ1) is 19.3. The van der Waals surface area contributed by atoms with Crippen LogP contribution in [0.25, 0.3) is 0 Å². The number of sulfonamides is 1. The van der Waals surface area contributed by atoms with E-state index in [0.29, 0.717) is 24.3 Å². The van der Waals surface area contributed by atoms with Gasteiger partial charge in [-0.2, -0.15) is 0 Å². The predicted octanol–water partition coefficient (Wildman–Crippen LogP) is 1.44. The summed E-state index contributed by atoms with van der Waals surface area (Å²) in [7, 11) is -3.52. The van der Waals surface area contributed by atoms with Crippen molar-refractivity contribution in [3.63, 3.8) is 0 Å². The van der Waals surface area contributed by atoms with Crippen molar-refractivity contribution in [2.75, 3.05) is 0 Å². The Morgan fingerprint density at radius 3 is 2.28 bits per heavy atom. The number of aromatic nitrogens is 3. The average molecular weight is 411 g/mol. The number of hydrogen-bond acceptors (Lipinski definition) is 5. The molecule has 2 heterocycles. The normalized spacial score (nSPS) is 14.1. The molecule has 0 bridgehead atoms. The van der Waals surface area contributed by atoms with Crippen molar-refractivity contribution >= 4 is 15.9 Å². The lowest BCUT2D eigenvalue weighted by atomic mass is 10.2. The SMILES string of the molecule is O=C1Cn2nnc(CNS(=O)(=O)Cc3ccccc3)c2CN1Cc1ccccc1. The highest BCUT2D eigenvalue weighted by molar-refractivity contribution is 7.88. The van der Waals surface area contributed by atoms with Crippen LogP contribution in [0.1, 0.15) is 22.5 Å². The molecule has 1 aliphatic heterocycles. The molecule has 3 aromatic rings. The van der Waals surface area contributed by atoms with Gasteiger partial charge in [0, 0.05) is 6.54 Å². The lowest BCUT2D eigenvalue weighted by Crippen LogP contribution is -2.39. The number of rotatable bonds is 7. The molecule has 0 radical (unpaired) electrons. The van der Waals surface area contributed by atoms with Crippen LogP contribution in [0.5, 0.6) is 0 Å². The van der Waals surface area contributed by atoms with Crippen LogP contribution in [-0.4, -0.2) is 34.2 Å². The second-order valence-electron chi connectivity index (χ2n) is 6.94. The average Bonchev–Trinajstić information content (AvgIpc) is 3.10. The molecule has 2 aromatic carbocycles. The lowest BCUT2D eigenvalue weighted by Gasteiger charge is -2.27. The zero-order valence-electron chi connectivity index (χ0n) is 15.7. The number of nitrogens with one attached hydrogen (secondary N) is 1. The summed E-state index contributed by atoms with van der Waals surface area (Å²) in [4.78, 5) is 14.1. The fourth-order valence-corrected chi connectivity index (χ4v) is 4.36. The van der Waals surface area contributed by atoms with Crippen molar-refractivity contribution < 1.29 is 13.2 Å². The van der Waals surface area contributed by atoms with Gasteiger partial charge in [0.05, 0.1) is 24.5 Å². The van der Waals surface area contributed by atoms with Gasteiger partial charge in [0.1, 0.15) is 12.2 Å². The lowest BCUT2D eigenvalue weighted by molar-refractivity contribution is -0.135. The van der Waals surface area contributed by atoms with Gasteiger partial charge in [0.2, 0.25) is 15.9 Å². The van der Waals surface area contributed by atoms with Crippen molar-refractivity contribution in [3.05, 3.63) is 83.2 Å². The first-order valence-electron chi connectivity index (χ1n) is 9.24. The molecule has 1 aromatic heterocycles. The zero-order valence-corrected chi connectivity index (χ0v) is 16.5. The van der Waals surface area contributed by atoms with E-state index < -0.39 is 10.0 Å². The molecule has 0 saturated heterocycles. The van der Waals surface area contributed by atoms with E-state index in [0.717, 1.165) is 11.3 Å². The third kappa shape index (κ3) is 4.69. The summed E-state index contributed by atoms with van der Waals surface area (Å²) in [6, 6.07) is 18.7. The first-order valence-corrected chi connectivity index (χ1v) is 10.9. The Balaban J connectivity index is 1.44. The smallest absolute Gasteiger partial charge is 0.245 e. The number of fused-ring (bicyclic) bond motifs is 1. The molecule has 8 nitrogen and oxygen atoms in total.